The number of nitrogens with zero attached hydrogens (tertiary/aromatic N) is 5. The molecule has 0 aliphatic rings. The first kappa shape index (κ1) is 29.0. The molecule has 0 spiro atoms. The first-order valence-corrected chi connectivity index (χ1v) is 17.1. The summed E-state index contributed by atoms with van der Waals surface area (Å²) < 4.78 is 0. The quantitative estimate of drug-likeness (QED) is 0.174. The number of benzene rings is 7. The highest BCUT2D eigenvalue weighted by molar-refractivity contribution is 6.21. The first-order valence-electron chi connectivity index (χ1n) is 17.1. The van der Waals surface area contributed by atoms with Crippen LogP contribution in [-0.2, 0) is 0 Å². The van der Waals surface area contributed by atoms with E-state index in [1.54, 1.807) is 11.0 Å². The van der Waals surface area contributed by atoms with Crippen LogP contribution in [0.1, 0.15) is 0 Å². The molecule has 0 N–H and O–H groups in total. The molecule has 0 radical (unpaired) electrons. The van der Waals surface area contributed by atoms with Crippen molar-refractivity contribution >= 4 is 43.4 Å². The maximum absolute atomic E-state index is 5.01. The van der Waals surface area contributed by atoms with Gasteiger partial charge in [0.2, 0.25) is 0 Å². The van der Waals surface area contributed by atoms with Crippen molar-refractivity contribution in [1.82, 2.24) is 25.0 Å². The first-order chi connectivity index (χ1) is 25.3. The number of hydrogen-bond acceptors (Lipinski definition) is 4. The van der Waals surface area contributed by atoms with Crippen LogP contribution in [-0.4, -0.2) is 25.0 Å². The highest BCUT2D eigenvalue weighted by Crippen LogP contribution is 2.44. The van der Waals surface area contributed by atoms with Gasteiger partial charge in [-0.1, -0.05) is 109 Å². The lowest BCUT2D eigenvalue weighted by molar-refractivity contribution is 0.766. The Labute approximate surface area is 294 Å². The third kappa shape index (κ3) is 4.94. The van der Waals surface area contributed by atoms with Crippen molar-refractivity contribution in [3.63, 3.8) is 0 Å². The summed E-state index contributed by atoms with van der Waals surface area (Å²) in [7, 11) is 0. The molecular weight excluding hydrogens is 623 g/mol. The van der Waals surface area contributed by atoms with Crippen molar-refractivity contribution in [2.45, 2.75) is 0 Å². The Balaban J connectivity index is 1.12. The maximum atomic E-state index is 5.01. The molecule has 0 amide bonds. The van der Waals surface area contributed by atoms with Gasteiger partial charge >= 0.3 is 0 Å². The molecular formula is C46H29N5. The largest absolute Gasteiger partial charge is 0.256 e. The van der Waals surface area contributed by atoms with Crippen LogP contribution >= 0.6 is 0 Å². The van der Waals surface area contributed by atoms with Crippen molar-refractivity contribution < 1.29 is 0 Å². The minimum absolute atomic E-state index is 0.782. The SMILES string of the molecule is c1ccc(-c2cc(-c3ccccn3)c3nn(-c4ccc(-c5c6ccccc6c(-c6ccc7ccccc7c6)c6ccccc56)cc4)nc3c2)nc1. The maximum Gasteiger partial charge on any atom is 0.123 e. The van der Waals surface area contributed by atoms with Crippen LogP contribution < -0.4 is 0 Å². The van der Waals surface area contributed by atoms with Crippen molar-refractivity contribution in [2.75, 3.05) is 0 Å². The highest BCUT2D eigenvalue weighted by atomic mass is 15.5. The fourth-order valence-corrected chi connectivity index (χ4v) is 7.39. The lowest BCUT2D eigenvalue weighted by Gasteiger charge is -2.18. The molecule has 0 unspecified atom stereocenters. The lowest BCUT2D eigenvalue weighted by atomic mass is 9.85. The van der Waals surface area contributed by atoms with Gasteiger partial charge in [0.25, 0.3) is 0 Å². The molecule has 0 atom stereocenters. The van der Waals surface area contributed by atoms with Gasteiger partial charge < -0.3 is 0 Å². The van der Waals surface area contributed by atoms with Crippen LogP contribution in [0.5, 0.6) is 0 Å². The summed E-state index contributed by atoms with van der Waals surface area (Å²) in [6.45, 7) is 0. The van der Waals surface area contributed by atoms with Gasteiger partial charge in [0.05, 0.1) is 17.1 Å². The Hall–Kier alpha value is -6.98. The zero-order chi connectivity index (χ0) is 33.7. The number of rotatable bonds is 5. The van der Waals surface area contributed by atoms with E-state index in [9.17, 15) is 0 Å². The Morgan fingerprint density at radius 2 is 0.961 bits per heavy atom. The summed E-state index contributed by atoms with van der Waals surface area (Å²) >= 11 is 0. The van der Waals surface area contributed by atoms with E-state index in [1.807, 2.05) is 42.6 Å². The zero-order valence-corrected chi connectivity index (χ0v) is 27.5. The van der Waals surface area contributed by atoms with Gasteiger partial charge in [0.1, 0.15) is 11.0 Å². The standard InChI is InChI=1S/C46H29N5/c1-2-12-32-27-33(20-19-30(32)11-1)45-38-15-5-3-13-36(38)44(37-14-4-6-16-39(37)45)31-21-23-35(24-22-31)51-49-43-29-34(41-17-7-9-25-47-41)28-40(46(43)50-51)42-18-8-10-26-48-42/h1-29H. The van der Waals surface area contributed by atoms with Crippen LogP contribution in [0, 0.1) is 0 Å². The number of aromatic nitrogens is 5. The van der Waals surface area contributed by atoms with Crippen molar-refractivity contribution in [3.8, 4) is 50.5 Å². The van der Waals surface area contributed by atoms with E-state index < -0.39 is 0 Å². The van der Waals surface area contributed by atoms with Gasteiger partial charge in [-0.3, -0.25) is 9.97 Å². The topological polar surface area (TPSA) is 56.5 Å². The van der Waals surface area contributed by atoms with E-state index in [4.69, 9.17) is 10.2 Å². The van der Waals surface area contributed by atoms with Crippen molar-refractivity contribution in [1.29, 1.82) is 0 Å². The lowest BCUT2D eigenvalue weighted by Crippen LogP contribution is -1.98. The van der Waals surface area contributed by atoms with Crippen LogP contribution in [0.15, 0.2) is 176 Å². The molecule has 10 rings (SSSR count). The van der Waals surface area contributed by atoms with Gasteiger partial charge in [0, 0.05) is 23.5 Å². The Kier molecular flexibility index (Phi) is 6.74. The molecule has 10 aromatic rings. The second-order valence-electron chi connectivity index (χ2n) is 12.8. The van der Waals surface area contributed by atoms with E-state index in [-0.39, 0.29) is 0 Å². The van der Waals surface area contributed by atoms with Crippen LogP contribution in [0.2, 0.25) is 0 Å². The van der Waals surface area contributed by atoms with E-state index in [2.05, 4.69) is 137 Å². The summed E-state index contributed by atoms with van der Waals surface area (Å²) in [6.07, 6.45) is 3.61. The minimum Gasteiger partial charge on any atom is -0.256 e. The fourth-order valence-electron chi connectivity index (χ4n) is 7.39. The molecule has 0 aliphatic heterocycles. The van der Waals surface area contributed by atoms with Gasteiger partial charge in [-0.25, -0.2) is 0 Å². The van der Waals surface area contributed by atoms with E-state index >= 15 is 0 Å². The van der Waals surface area contributed by atoms with Gasteiger partial charge in [-0.2, -0.15) is 4.80 Å². The Morgan fingerprint density at radius 3 is 1.61 bits per heavy atom. The van der Waals surface area contributed by atoms with E-state index in [0.717, 1.165) is 44.8 Å². The van der Waals surface area contributed by atoms with Crippen molar-refractivity contribution in [2.24, 2.45) is 0 Å². The number of pyridine rings is 2. The monoisotopic (exact) mass is 651 g/mol. The molecule has 0 aliphatic carbocycles. The third-order valence-corrected chi connectivity index (χ3v) is 9.75. The summed E-state index contributed by atoms with van der Waals surface area (Å²) in [5.41, 5.74) is 10.9. The molecule has 0 saturated carbocycles. The fraction of sp³-hybridized carbons (Fsp3) is 0. The molecule has 238 valence electrons. The van der Waals surface area contributed by atoms with Crippen molar-refractivity contribution in [3.05, 3.63) is 176 Å². The summed E-state index contributed by atoms with van der Waals surface area (Å²) in [5.74, 6) is 0. The molecule has 0 bridgehead atoms. The molecule has 0 fully saturated rings. The Morgan fingerprint density at radius 1 is 0.392 bits per heavy atom. The van der Waals surface area contributed by atoms with Crippen LogP contribution in [0.3, 0.4) is 0 Å². The molecule has 3 aromatic heterocycles. The summed E-state index contributed by atoms with van der Waals surface area (Å²) in [5, 5.41) is 17.4. The number of fused-ring (bicyclic) bond motifs is 4. The number of hydrogen-bond donors (Lipinski definition) is 0. The molecule has 3 heterocycles. The van der Waals surface area contributed by atoms with Gasteiger partial charge in [-0.15, -0.1) is 10.2 Å². The van der Waals surface area contributed by atoms with E-state index in [0.29, 0.717) is 0 Å². The summed E-state index contributed by atoms with van der Waals surface area (Å²) in [4.78, 5) is 11.0. The van der Waals surface area contributed by atoms with Crippen LogP contribution in [0.25, 0.3) is 93.8 Å². The van der Waals surface area contributed by atoms with Gasteiger partial charge in [-0.05, 0) is 109 Å². The average Bonchev–Trinajstić information content (AvgIpc) is 3.65. The minimum atomic E-state index is 0.782. The molecule has 5 nitrogen and oxygen atoms in total. The molecule has 0 saturated heterocycles. The zero-order valence-electron chi connectivity index (χ0n) is 27.5. The second kappa shape index (κ2) is 11.9. The van der Waals surface area contributed by atoms with Gasteiger partial charge in [0.15, 0.2) is 0 Å². The third-order valence-electron chi connectivity index (χ3n) is 9.75. The molecule has 7 aromatic carbocycles. The van der Waals surface area contributed by atoms with Crippen LogP contribution in [0.4, 0.5) is 0 Å². The molecule has 51 heavy (non-hydrogen) atoms. The highest BCUT2D eigenvalue weighted by Gasteiger charge is 2.18. The average molecular weight is 652 g/mol. The Bertz CT molecular complexity index is 2840. The predicted molar refractivity (Wildman–Crippen MR) is 209 cm³/mol. The van der Waals surface area contributed by atoms with E-state index in [1.165, 1.54) is 49.0 Å². The second-order valence-corrected chi connectivity index (χ2v) is 12.8. The smallest absolute Gasteiger partial charge is 0.123 e. The predicted octanol–water partition coefficient (Wildman–Crippen LogP) is 11.3. The molecule has 5 heteroatoms. The normalized spacial score (nSPS) is 11.5. The summed E-state index contributed by atoms with van der Waals surface area (Å²) in [6, 6.07) is 57.5.